The summed E-state index contributed by atoms with van der Waals surface area (Å²) in [4.78, 5) is 71.1. The predicted octanol–water partition coefficient (Wildman–Crippen LogP) is 20.5. The SMILES string of the molecule is Cc1cc(C2CCNCC2)c(C)cc1Cc1ncc(Cl)c(Cc2ccc[nH]c2=O)n1.Cc1cc(Cc2ncc(Cl)c(Cc3ccn[nH]3)n2)c(OC(C)C)cc1C1CCN(C)CC1.Cc1cc(Nc2nc(Nc3cc(C)c(C4CCN(Cc5ccccn5)CC4)cc3C)ncc2Cl)n[nH]1.Cc1cc(Nc2nc(Nc3cc(C)c(C4CCN(Cc5cncnc5)CC4)cc3C)ncc2Cl)n[nH]1. The molecule has 0 spiro atoms. The number of aromatic amines is 4. The molecule has 0 saturated carbocycles. The highest BCUT2D eigenvalue weighted by Gasteiger charge is 2.29. The summed E-state index contributed by atoms with van der Waals surface area (Å²) in [6.45, 7) is 33.8. The van der Waals surface area contributed by atoms with Gasteiger partial charge in [0.25, 0.3) is 5.56 Å². The summed E-state index contributed by atoms with van der Waals surface area (Å²) in [5.74, 6) is 8.01. The Labute approximate surface area is 804 Å². The van der Waals surface area contributed by atoms with Gasteiger partial charge >= 0.3 is 0 Å². The number of piperidine rings is 4. The van der Waals surface area contributed by atoms with Gasteiger partial charge in [0.05, 0.1) is 45.6 Å². The Bertz CT molecular complexity index is 6120. The number of aromatic nitrogens is 18. The van der Waals surface area contributed by atoms with E-state index in [1.807, 2.05) is 62.8 Å². The zero-order chi connectivity index (χ0) is 93.9. The summed E-state index contributed by atoms with van der Waals surface area (Å²) in [5, 5.41) is 39.5. The number of benzene rings is 4. The van der Waals surface area contributed by atoms with Gasteiger partial charge in [-0.2, -0.15) is 25.3 Å². The molecule has 0 atom stereocenters. The second-order valence-electron chi connectivity index (χ2n) is 36.1. The van der Waals surface area contributed by atoms with Crippen molar-refractivity contribution in [2.24, 2.45) is 0 Å². The summed E-state index contributed by atoms with van der Waals surface area (Å²) in [6, 6.07) is 33.6. The van der Waals surface area contributed by atoms with Crippen LogP contribution in [0.5, 0.6) is 5.75 Å². The van der Waals surface area contributed by atoms with Crippen LogP contribution in [0.1, 0.15) is 218 Å². The molecule has 0 radical (unpaired) electrons. The summed E-state index contributed by atoms with van der Waals surface area (Å²) >= 11 is 25.3. The zero-order valence-corrected chi connectivity index (χ0v) is 81.4. The standard InChI is InChI=1S/C27H31ClN8.C26H30ClN9.C25H32ClN5O.C24H27ClN4O/c1-17-13-24(31-27-30-15-23(28)26(33-27)32-25-14-19(3)34-35-25)18(2)12-22(17)20-7-10-36(11-8-20)16-21-6-4-5-9-29-21;1-16-9-23(31-26-30-13-22(27)25(33-26)32-24-10-18(3)34-35-24)17(2)8-21(16)20-4-6-36(7-5-20)14-19-11-28-15-29-12-19;1-16(2)32-24-14-21(18-6-9-31(4)10-7-18)17(3)11-19(24)12-25-27-15-22(26)23(29-25)13-20-5-8-28-30-20;1-15-11-20(17-5-8-26-9-6-17)16(2)10-19(15)13-23-28-14-21(25)22(29-23)12-18-4-3-7-27-24(18)30/h4-6,9,12-15,20H,7-8,10-11,16H2,1-3H3,(H3,30,31,32,33,34,35);8-13,15,20H,4-7,14H2,1-3H3,(H3,30,31,32,33,34,35);5,8,11,14-16,18H,6-7,9-10,12-13H2,1-4H3,(H,28,30);3-4,7,10-11,14,17,26H,5-6,8-9,12-13H2,1-2H3,(H,27,30). The topological polar surface area (TPSA) is 340 Å². The minimum Gasteiger partial charge on any atom is -0.491 e. The summed E-state index contributed by atoms with van der Waals surface area (Å²) in [7, 11) is 2.20. The Morgan fingerprint density at radius 2 is 0.955 bits per heavy atom. The Morgan fingerprint density at radius 1 is 0.455 bits per heavy atom. The quantitative estimate of drug-likeness (QED) is 0.0243. The molecule has 698 valence electrons. The highest BCUT2D eigenvalue weighted by Crippen LogP contribution is 2.41. The lowest BCUT2D eigenvalue weighted by Crippen LogP contribution is -2.32. The number of H-pyrrole nitrogens is 4. The number of likely N-dealkylation sites (tertiary alicyclic amines) is 3. The van der Waals surface area contributed by atoms with Crippen molar-refractivity contribution >= 4 is 92.9 Å². The number of pyridine rings is 2. The van der Waals surface area contributed by atoms with Crippen LogP contribution in [0, 0.1) is 62.3 Å². The first-order valence-corrected chi connectivity index (χ1v) is 47.7. The van der Waals surface area contributed by atoms with E-state index >= 15 is 0 Å². The number of hydrogen-bond acceptors (Lipinski definition) is 24. The van der Waals surface area contributed by atoms with Crippen molar-refractivity contribution in [2.45, 2.75) is 196 Å². The molecule has 18 rings (SSSR count). The second kappa shape index (κ2) is 45.8. The van der Waals surface area contributed by atoms with Gasteiger partial charge in [0.2, 0.25) is 11.9 Å². The number of halogens is 4. The number of anilines is 8. The van der Waals surface area contributed by atoms with Gasteiger partial charge in [0.15, 0.2) is 23.3 Å². The van der Waals surface area contributed by atoms with Crippen LogP contribution < -0.4 is 36.9 Å². The van der Waals surface area contributed by atoms with Crippen LogP contribution in [0.3, 0.4) is 0 Å². The predicted molar refractivity (Wildman–Crippen MR) is 535 cm³/mol. The van der Waals surface area contributed by atoms with Gasteiger partial charge in [-0.05, 0) is 320 Å². The molecule has 4 aliphatic heterocycles. The van der Waals surface area contributed by atoms with Gasteiger partial charge in [0.1, 0.15) is 33.8 Å². The number of nitrogens with zero attached hydrogens (tertiary/aromatic N) is 17. The van der Waals surface area contributed by atoms with E-state index in [1.54, 1.807) is 49.6 Å². The fourth-order valence-electron chi connectivity index (χ4n) is 18.2. The van der Waals surface area contributed by atoms with Crippen molar-refractivity contribution in [1.82, 2.24) is 110 Å². The molecule has 9 N–H and O–H groups in total. The third kappa shape index (κ3) is 26.3. The van der Waals surface area contributed by atoms with E-state index in [9.17, 15) is 4.79 Å². The number of hydrogen-bond donors (Lipinski definition) is 9. The Hall–Kier alpha value is -12.0. The molecule has 10 aromatic heterocycles. The molecule has 0 unspecified atom stereocenters. The summed E-state index contributed by atoms with van der Waals surface area (Å²) < 4.78 is 6.26. The molecule has 4 aliphatic rings. The van der Waals surface area contributed by atoms with Crippen LogP contribution in [0.4, 0.5) is 46.5 Å². The summed E-state index contributed by atoms with van der Waals surface area (Å²) in [5.41, 5.74) is 26.1. The molecule has 14 heterocycles. The van der Waals surface area contributed by atoms with E-state index in [0.717, 1.165) is 160 Å². The fraction of sp³-hybridized carbons (Fsp3) is 0.382. The van der Waals surface area contributed by atoms with Gasteiger partial charge in [-0.25, -0.2) is 39.9 Å². The lowest BCUT2D eigenvalue weighted by molar-refractivity contribution is 0.202. The van der Waals surface area contributed by atoms with Crippen molar-refractivity contribution in [3.63, 3.8) is 0 Å². The number of ether oxygens (including phenoxy) is 1. The van der Waals surface area contributed by atoms with Crippen LogP contribution in [-0.2, 0) is 38.8 Å². The van der Waals surface area contributed by atoms with Crippen LogP contribution in [0.2, 0.25) is 20.1 Å². The van der Waals surface area contributed by atoms with Crippen molar-refractivity contribution in [2.75, 3.05) is 80.7 Å². The Kier molecular flexibility index (Phi) is 33.0. The second-order valence-corrected chi connectivity index (χ2v) is 37.7. The number of aryl methyl sites for hydroxylation is 9. The maximum atomic E-state index is 12.0. The normalized spacial score (nSPS) is 14.9. The van der Waals surface area contributed by atoms with Crippen molar-refractivity contribution in [3.8, 4) is 5.75 Å². The monoisotopic (exact) mass is 1880 g/mol. The highest BCUT2D eigenvalue weighted by molar-refractivity contribution is 6.33. The van der Waals surface area contributed by atoms with E-state index in [0.29, 0.717) is 116 Å². The van der Waals surface area contributed by atoms with Crippen LogP contribution in [-0.4, -0.2) is 171 Å². The van der Waals surface area contributed by atoms with E-state index in [2.05, 4.69) is 257 Å². The fourth-order valence-corrected chi connectivity index (χ4v) is 18.8. The Balaban J connectivity index is 0.000000137. The number of rotatable bonds is 26. The smallest absolute Gasteiger partial charge is 0.251 e. The highest BCUT2D eigenvalue weighted by atomic mass is 35.5. The minimum absolute atomic E-state index is 0.101. The first-order valence-electron chi connectivity index (χ1n) is 46.2. The zero-order valence-electron chi connectivity index (χ0n) is 78.4. The van der Waals surface area contributed by atoms with Crippen molar-refractivity contribution in [1.29, 1.82) is 0 Å². The molecular weight excluding hydrogens is 1760 g/mol. The first kappa shape index (κ1) is 96.6. The maximum absolute atomic E-state index is 12.0. The molecule has 4 saturated heterocycles. The number of nitrogens with one attached hydrogen (secondary N) is 9. The van der Waals surface area contributed by atoms with Crippen LogP contribution in [0.25, 0.3) is 0 Å². The molecular formula is C102H120Cl4N26O2. The molecule has 14 aromatic rings. The lowest BCUT2D eigenvalue weighted by atomic mass is 9.85. The van der Waals surface area contributed by atoms with Gasteiger partial charge in [-0.1, -0.05) is 88.9 Å². The average Bonchev–Trinajstić information content (AvgIpc) is 0.820. The molecule has 0 amide bonds. The molecule has 28 nitrogen and oxygen atoms in total. The molecule has 4 fully saturated rings. The minimum atomic E-state index is -0.117. The van der Waals surface area contributed by atoms with Crippen LogP contribution in [0.15, 0.2) is 164 Å². The molecule has 32 heteroatoms. The van der Waals surface area contributed by atoms with Gasteiger partial charge in [0, 0.05) is 139 Å². The largest absolute Gasteiger partial charge is 0.491 e. The van der Waals surface area contributed by atoms with Gasteiger partial charge in [-0.15, -0.1) is 0 Å². The van der Waals surface area contributed by atoms with Crippen molar-refractivity contribution < 1.29 is 4.74 Å². The first-order chi connectivity index (χ1) is 64.8. The van der Waals surface area contributed by atoms with E-state index in [-0.39, 0.29) is 11.7 Å². The van der Waals surface area contributed by atoms with E-state index in [4.69, 9.17) is 56.1 Å². The van der Waals surface area contributed by atoms with Crippen LogP contribution >= 0.6 is 46.4 Å². The molecule has 4 aromatic carbocycles. The molecule has 0 aliphatic carbocycles. The van der Waals surface area contributed by atoms with E-state index < -0.39 is 0 Å². The lowest BCUT2D eigenvalue weighted by Gasteiger charge is -2.33. The van der Waals surface area contributed by atoms with Crippen molar-refractivity contribution in [3.05, 3.63) is 319 Å². The Morgan fingerprint density at radius 3 is 1.47 bits per heavy atom. The van der Waals surface area contributed by atoms with E-state index in [1.165, 1.54) is 92.4 Å². The third-order valence-electron chi connectivity index (χ3n) is 25.4. The van der Waals surface area contributed by atoms with Gasteiger partial charge in [-0.3, -0.25) is 34.9 Å². The molecule has 134 heavy (non-hydrogen) atoms. The molecule has 0 bridgehead atoms. The summed E-state index contributed by atoms with van der Waals surface area (Å²) in [6.07, 6.45) is 28.8. The van der Waals surface area contributed by atoms with Gasteiger partial charge < -0.3 is 41.2 Å². The maximum Gasteiger partial charge on any atom is 0.251 e. The third-order valence-corrected chi connectivity index (χ3v) is 26.6. The average molecular weight is 1880 g/mol.